The van der Waals surface area contributed by atoms with Gasteiger partial charge >= 0.3 is 0 Å². The number of rotatable bonds is 4. The first-order valence-corrected chi connectivity index (χ1v) is 5.99. The third-order valence-corrected chi connectivity index (χ3v) is 3.18. The summed E-state index contributed by atoms with van der Waals surface area (Å²) in [6.07, 6.45) is -0.404. The summed E-state index contributed by atoms with van der Waals surface area (Å²) in [5.41, 5.74) is 5.19. The van der Waals surface area contributed by atoms with E-state index in [-0.39, 0.29) is 30.5 Å². The summed E-state index contributed by atoms with van der Waals surface area (Å²) in [7, 11) is -3.68. The quantitative estimate of drug-likeness (QED) is 0.403. The van der Waals surface area contributed by atoms with Crippen molar-refractivity contribution in [3.63, 3.8) is 0 Å². The van der Waals surface area contributed by atoms with E-state index in [4.69, 9.17) is 21.0 Å². The minimum Gasteiger partial charge on any atom is -0.468 e. The fourth-order valence-corrected chi connectivity index (χ4v) is 2.01. The van der Waals surface area contributed by atoms with Crippen LogP contribution < -0.4 is 15.6 Å². The summed E-state index contributed by atoms with van der Waals surface area (Å²) in [4.78, 5) is 0. The summed E-state index contributed by atoms with van der Waals surface area (Å²) in [5.74, 6) is -0.375. The predicted octanol–water partition coefficient (Wildman–Crippen LogP) is -2.38. The van der Waals surface area contributed by atoms with Crippen LogP contribution >= 0.6 is 0 Å². The maximum Gasteiger partial charge on any atom is 0.287 e. The molecule has 1 saturated heterocycles. The van der Waals surface area contributed by atoms with Gasteiger partial charge in [-0.25, -0.2) is 9.77 Å². The van der Waals surface area contributed by atoms with Crippen LogP contribution in [0.5, 0.6) is 5.88 Å². The van der Waals surface area contributed by atoms with Gasteiger partial charge in [-0.15, -0.1) is 0 Å². The number of nitrogens with zero attached hydrogens (tertiary/aromatic N) is 3. The summed E-state index contributed by atoms with van der Waals surface area (Å²) in [5, 5.41) is 18.9. The Hall–Kier alpha value is -1.72. The van der Waals surface area contributed by atoms with Gasteiger partial charge in [-0.1, -0.05) is 0 Å². The van der Waals surface area contributed by atoms with E-state index >= 15 is 0 Å². The van der Waals surface area contributed by atoms with Crippen molar-refractivity contribution in [3.8, 4) is 5.88 Å². The van der Waals surface area contributed by atoms with Gasteiger partial charge in [-0.05, 0) is 10.3 Å². The standard InChI is InChI=1S/C6H10N6O4S/c7-5(8)4-6(11-16-10-4)15-3-1-12(2-3)17(9,13)14/h3H,1-2H2,(H3,7,8)(H2,9,13,14). The van der Waals surface area contributed by atoms with E-state index in [2.05, 4.69) is 14.9 Å². The Bertz CT molecular complexity index is 532. The average molecular weight is 262 g/mol. The fourth-order valence-electron chi connectivity index (χ4n) is 1.26. The van der Waals surface area contributed by atoms with Crippen LogP contribution in [-0.4, -0.2) is 48.1 Å². The predicted molar refractivity (Wildman–Crippen MR) is 54.4 cm³/mol. The lowest BCUT2D eigenvalue weighted by Gasteiger charge is -2.35. The Labute approximate surface area is 96.2 Å². The molecular formula is C6H10N6O4S. The van der Waals surface area contributed by atoms with Crippen molar-refractivity contribution in [2.24, 2.45) is 10.9 Å². The van der Waals surface area contributed by atoms with Crippen molar-refractivity contribution in [1.29, 1.82) is 5.41 Å². The van der Waals surface area contributed by atoms with E-state index in [1.54, 1.807) is 0 Å². The minimum absolute atomic E-state index is 0.0148. The zero-order chi connectivity index (χ0) is 12.6. The topological polar surface area (TPSA) is 161 Å². The van der Waals surface area contributed by atoms with Crippen molar-refractivity contribution in [2.75, 3.05) is 13.1 Å². The van der Waals surface area contributed by atoms with Crippen LogP contribution in [0.3, 0.4) is 0 Å². The first-order valence-electron chi connectivity index (χ1n) is 4.49. The van der Waals surface area contributed by atoms with Crippen LogP contribution in [0, 0.1) is 5.41 Å². The highest BCUT2D eigenvalue weighted by Gasteiger charge is 2.36. The Morgan fingerprint density at radius 2 is 2.18 bits per heavy atom. The van der Waals surface area contributed by atoms with Gasteiger partial charge in [0.15, 0.2) is 5.84 Å². The SMILES string of the molecule is N=C(N)c1nonc1OC1CN(S(N)(=O)=O)C1. The van der Waals surface area contributed by atoms with Crippen LogP contribution in [0.25, 0.3) is 0 Å². The van der Waals surface area contributed by atoms with E-state index in [9.17, 15) is 8.42 Å². The Kier molecular flexibility index (Phi) is 2.73. The van der Waals surface area contributed by atoms with Gasteiger partial charge in [0.1, 0.15) is 6.10 Å². The Morgan fingerprint density at radius 1 is 1.53 bits per heavy atom. The molecule has 1 aromatic rings. The Balaban J connectivity index is 1.97. The number of nitrogens with two attached hydrogens (primary N) is 2. The first-order chi connectivity index (χ1) is 7.88. The summed E-state index contributed by atoms with van der Waals surface area (Å²) in [6.45, 7) is 0.228. The van der Waals surface area contributed by atoms with Gasteiger partial charge in [-0.3, -0.25) is 5.41 Å². The number of hydrogen-bond donors (Lipinski definition) is 3. The lowest BCUT2D eigenvalue weighted by Crippen LogP contribution is -2.58. The van der Waals surface area contributed by atoms with E-state index in [0.717, 1.165) is 4.31 Å². The van der Waals surface area contributed by atoms with E-state index in [1.165, 1.54) is 0 Å². The minimum atomic E-state index is -3.68. The van der Waals surface area contributed by atoms with Gasteiger partial charge in [0.2, 0.25) is 5.69 Å². The molecule has 94 valence electrons. The van der Waals surface area contributed by atoms with Gasteiger partial charge in [-0.2, -0.15) is 12.7 Å². The monoisotopic (exact) mass is 262 g/mol. The van der Waals surface area contributed by atoms with E-state index < -0.39 is 16.3 Å². The second-order valence-corrected chi connectivity index (χ2v) is 4.98. The maximum absolute atomic E-state index is 10.9. The van der Waals surface area contributed by atoms with Crippen LogP contribution in [0.15, 0.2) is 4.63 Å². The molecule has 5 N–H and O–H groups in total. The third kappa shape index (κ3) is 2.35. The second kappa shape index (κ2) is 3.94. The van der Waals surface area contributed by atoms with Crippen molar-refractivity contribution < 1.29 is 17.8 Å². The summed E-state index contributed by atoms with van der Waals surface area (Å²) in [6, 6.07) is 0. The fraction of sp³-hybridized carbons (Fsp3) is 0.500. The molecule has 0 aliphatic carbocycles. The largest absolute Gasteiger partial charge is 0.468 e. The molecule has 17 heavy (non-hydrogen) atoms. The van der Waals surface area contributed by atoms with Crippen LogP contribution in [0.2, 0.25) is 0 Å². The normalized spacial score (nSPS) is 17.7. The van der Waals surface area contributed by atoms with Gasteiger partial charge < -0.3 is 10.5 Å². The number of nitrogens with one attached hydrogen (secondary N) is 1. The van der Waals surface area contributed by atoms with Crippen LogP contribution in [0.4, 0.5) is 0 Å². The van der Waals surface area contributed by atoms with Crippen LogP contribution in [-0.2, 0) is 10.2 Å². The molecule has 10 nitrogen and oxygen atoms in total. The molecule has 0 saturated carbocycles. The lowest BCUT2D eigenvalue weighted by molar-refractivity contribution is 0.0681. The second-order valence-electron chi connectivity index (χ2n) is 3.43. The van der Waals surface area contributed by atoms with Gasteiger partial charge in [0.05, 0.1) is 13.1 Å². The molecule has 2 rings (SSSR count). The molecule has 0 radical (unpaired) electrons. The maximum atomic E-state index is 10.9. The van der Waals surface area contributed by atoms with Crippen molar-refractivity contribution in [1.82, 2.24) is 14.6 Å². The molecule has 0 amide bonds. The third-order valence-electron chi connectivity index (χ3n) is 2.17. The molecule has 0 atom stereocenters. The molecule has 11 heteroatoms. The molecule has 1 aromatic heterocycles. The number of aromatic nitrogens is 2. The number of amidine groups is 1. The summed E-state index contributed by atoms with van der Waals surface area (Å²) < 4.78 is 32.4. The molecular weight excluding hydrogens is 252 g/mol. The van der Waals surface area contributed by atoms with Crippen molar-refractivity contribution in [3.05, 3.63) is 5.69 Å². The Morgan fingerprint density at radius 3 is 2.71 bits per heavy atom. The summed E-state index contributed by atoms with van der Waals surface area (Å²) >= 11 is 0. The molecule has 0 aromatic carbocycles. The van der Waals surface area contributed by atoms with Crippen molar-refractivity contribution >= 4 is 16.0 Å². The van der Waals surface area contributed by atoms with Gasteiger partial charge in [0, 0.05) is 0 Å². The van der Waals surface area contributed by atoms with E-state index in [1.807, 2.05) is 0 Å². The highest BCUT2D eigenvalue weighted by atomic mass is 32.2. The molecule has 1 fully saturated rings. The lowest BCUT2D eigenvalue weighted by atomic mass is 10.2. The average Bonchev–Trinajstić information content (AvgIpc) is 2.55. The zero-order valence-corrected chi connectivity index (χ0v) is 9.35. The molecule has 0 unspecified atom stereocenters. The highest BCUT2D eigenvalue weighted by molar-refractivity contribution is 7.86. The van der Waals surface area contributed by atoms with E-state index in [0.29, 0.717) is 0 Å². The zero-order valence-electron chi connectivity index (χ0n) is 8.53. The molecule has 0 spiro atoms. The molecule has 1 aliphatic heterocycles. The molecule has 1 aliphatic rings. The highest BCUT2D eigenvalue weighted by Crippen LogP contribution is 2.19. The molecule has 2 heterocycles. The van der Waals surface area contributed by atoms with Crippen LogP contribution in [0.1, 0.15) is 5.69 Å². The number of nitrogen functional groups attached to an aromatic ring is 1. The number of ether oxygens (including phenoxy) is 1. The smallest absolute Gasteiger partial charge is 0.287 e. The first kappa shape index (κ1) is 11.8. The van der Waals surface area contributed by atoms with Gasteiger partial charge in [0.25, 0.3) is 16.1 Å². The van der Waals surface area contributed by atoms with Crippen molar-refractivity contribution in [2.45, 2.75) is 6.10 Å². The number of hydrogen-bond acceptors (Lipinski definition) is 7. The molecule has 0 bridgehead atoms.